The topological polar surface area (TPSA) is 120 Å². The van der Waals surface area contributed by atoms with E-state index in [9.17, 15) is 23.1 Å². The van der Waals surface area contributed by atoms with Gasteiger partial charge in [-0.25, -0.2) is 13.2 Å². The summed E-state index contributed by atoms with van der Waals surface area (Å²) in [4.78, 5) is 35.4. The molecule has 0 aliphatic carbocycles. The molecule has 2 aliphatic rings. The fourth-order valence-corrected chi connectivity index (χ4v) is 7.54. The number of hydrogen-bond acceptors (Lipinski definition) is 8. The number of piperazine rings is 1. The van der Waals surface area contributed by atoms with Crippen molar-refractivity contribution in [3.05, 3.63) is 65.9 Å². The molecule has 2 amide bonds. The second-order valence-electron chi connectivity index (χ2n) is 11.3. The van der Waals surface area contributed by atoms with Crippen LogP contribution in [0.15, 0.2) is 59.5 Å². The molecule has 1 N–H and O–H groups in total. The van der Waals surface area contributed by atoms with Crippen LogP contribution in [0.5, 0.6) is 5.75 Å². The first-order chi connectivity index (χ1) is 19.6. The molecule has 3 heterocycles. The summed E-state index contributed by atoms with van der Waals surface area (Å²) in [7, 11) is -1.78. The van der Waals surface area contributed by atoms with Gasteiger partial charge in [-0.3, -0.25) is 9.78 Å². The number of carbonyl (C=O) groups is 2. The molecule has 2 fully saturated rings. The van der Waals surface area contributed by atoms with Crippen LogP contribution in [0.3, 0.4) is 0 Å². The Labute approximate surface area is 240 Å². The van der Waals surface area contributed by atoms with Gasteiger partial charge in [0.25, 0.3) is 0 Å². The van der Waals surface area contributed by atoms with E-state index in [1.54, 1.807) is 21.9 Å². The number of aliphatic hydroxyl groups excluding tert-OH is 1. The minimum atomic E-state index is -3.79. The highest BCUT2D eigenvalue weighted by molar-refractivity contribution is 7.91. The normalized spacial score (nSPS) is 17.3. The van der Waals surface area contributed by atoms with E-state index in [0.717, 1.165) is 35.2 Å². The van der Waals surface area contributed by atoms with Crippen molar-refractivity contribution >= 4 is 32.6 Å². The van der Waals surface area contributed by atoms with Gasteiger partial charge in [-0.05, 0) is 50.4 Å². The third-order valence-electron chi connectivity index (χ3n) is 7.85. The van der Waals surface area contributed by atoms with Crippen molar-refractivity contribution in [2.75, 3.05) is 58.7 Å². The molecule has 0 bridgehead atoms. The number of rotatable bonds is 9. The molecule has 0 saturated carbocycles. The van der Waals surface area contributed by atoms with E-state index >= 15 is 0 Å². The third kappa shape index (κ3) is 6.52. The van der Waals surface area contributed by atoms with E-state index in [2.05, 4.69) is 9.88 Å². The average Bonchev–Trinajstić information content (AvgIpc) is 2.94. The van der Waals surface area contributed by atoms with E-state index in [0.29, 0.717) is 25.4 Å². The third-order valence-corrected chi connectivity index (χ3v) is 9.83. The predicted molar refractivity (Wildman–Crippen MR) is 154 cm³/mol. The van der Waals surface area contributed by atoms with Crippen LogP contribution in [0, 0.1) is 12.3 Å². The van der Waals surface area contributed by atoms with Gasteiger partial charge in [0.15, 0.2) is 15.6 Å². The number of sulfone groups is 1. The minimum absolute atomic E-state index is 0.101. The van der Waals surface area contributed by atoms with E-state index in [1.807, 2.05) is 44.3 Å². The van der Waals surface area contributed by atoms with Gasteiger partial charge < -0.3 is 24.5 Å². The molecule has 2 aliphatic heterocycles. The van der Waals surface area contributed by atoms with Crippen LogP contribution in [0.25, 0.3) is 10.9 Å². The van der Waals surface area contributed by atoms with Gasteiger partial charge in [0.05, 0.1) is 16.2 Å². The van der Waals surface area contributed by atoms with Gasteiger partial charge >= 0.3 is 6.03 Å². The van der Waals surface area contributed by atoms with Crippen LogP contribution in [-0.2, 0) is 21.2 Å². The van der Waals surface area contributed by atoms with Crippen LogP contribution in [0.1, 0.15) is 17.7 Å². The smallest absolute Gasteiger partial charge is 0.320 e. The Balaban J connectivity index is 1.25. The quantitative estimate of drug-likeness (QED) is 0.410. The molecular formula is C30H36N4O6S. The fourth-order valence-electron chi connectivity index (χ4n) is 5.73. The molecule has 0 atom stereocenters. The maximum absolute atomic E-state index is 13.5. The van der Waals surface area contributed by atoms with E-state index < -0.39 is 27.6 Å². The van der Waals surface area contributed by atoms with E-state index in [4.69, 9.17) is 4.74 Å². The number of aryl methyl sites for hydroxylation is 1. The van der Waals surface area contributed by atoms with Crippen LogP contribution >= 0.6 is 0 Å². The first-order valence-corrected chi connectivity index (χ1v) is 15.4. The van der Waals surface area contributed by atoms with Crippen molar-refractivity contribution in [3.8, 4) is 5.75 Å². The molecule has 1 aromatic heterocycles. The molecule has 0 spiro atoms. The van der Waals surface area contributed by atoms with Crippen LogP contribution in [0.4, 0.5) is 4.79 Å². The average molecular weight is 581 g/mol. The molecule has 5 rings (SSSR count). The Hall–Kier alpha value is -3.54. The molecular weight excluding hydrogens is 544 g/mol. The Morgan fingerprint density at radius 3 is 2.37 bits per heavy atom. The first kappa shape index (κ1) is 29.0. The summed E-state index contributed by atoms with van der Waals surface area (Å²) in [6, 6.07) is 15.9. The molecule has 3 aromatic rings. The number of ether oxygens (including phenoxy) is 1. The van der Waals surface area contributed by atoms with Crippen molar-refractivity contribution in [2.45, 2.75) is 24.8 Å². The van der Waals surface area contributed by atoms with Crippen molar-refractivity contribution < 1.29 is 27.9 Å². The summed E-state index contributed by atoms with van der Waals surface area (Å²) in [6.07, 6.45) is -0.101. The number of carbonyl (C=O) groups excluding carboxylic acids is 2. The van der Waals surface area contributed by atoms with Gasteiger partial charge in [0.1, 0.15) is 19.0 Å². The maximum Gasteiger partial charge on any atom is 0.320 e. The highest BCUT2D eigenvalue weighted by Crippen LogP contribution is 2.38. The summed E-state index contributed by atoms with van der Waals surface area (Å²) < 4.78 is 32.9. The zero-order chi connectivity index (χ0) is 29.2. The number of amides is 2. The summed E-state index contributed by atoms with van der Waals surface area (Å²) in [5.74, 6) is -0.199. The van der Waals surface area contributed by atoms with Gasteiger partial charge in [-0.2, -0.15) is 0 Å². The number of Topliss-reactive ketones (excluding diaryl/α,β-unsaturated/α-hetero) is 1. The number of ketones is 1. The second-order valence-corrected chi connectivity index (χ2v) is 13.3. The lowest BCUT2D eigenvalue weighted by Gasteiger charge is -2.51. The Bertz CT molecular complexity index is 1530. The van der Waals surface area contributed by atoms with E-state index in [-0.39, 0.29) is 36.2 Å². The number of urea groups is 1. The summed E-state index contributed by atoms with van der Waals surface area (Å²) in [6.45, 7) is 4.66. The van der Waals surface area contributed by atoms with Crippen LogP contribution < -0.4 is 4.74 Å². The molecule has 2 saturated heterocycles. The number of benzene rings is 2. The second kappa shape index (κ2) is 11.8. The summed E-state index contributed by atoms with van der Waals surface area (Å²) >= 11 is 0. The largest absolute Gasteiger partial charge is 0.489 e. The Kier molecular flexibility index (Phi) is 8.30. The van der Waals surface area contributed by atoms with Crippen LogP contribution in [0.2, 0.25) is 0 Å². The Morgan fingerprint density at radius 2 is 1.68 bits per heavy atom. The predicted octanol–water partition coefficient (Wildman–Crippen LogP) is 2.52. The van der Waals surface area contributed by atoms with Gasteiger partial charge in [0.2, 0.25) is 0 Å². The zero-order valence-electron chi connectivity index (χ0n) is 23.5. The number of aromatic nitrogens is 1. The number of pyridine rings is 1. The zero-order valence-corrected chi connectivity index (χ0v) is 24.3. The number of hydrogen-bond donors (Lipinski definition) is 1. The molecule has 41 heavy (non-hydrogen) atoms. The summed E-state index contributed by atoms with van der Waals surface area (Å²) in [5, 5.41) is 10.4. The van der Waals surface area contributed by atoms with Gasteiger partial charge in [0, 0.05) is 67.7 Å². The number of aliphatic hydroxyl groups is 1. The van der Waals surface area contributed by atoms with Gasteiger partial charge in [-0.1, -0.05) is 18.2 Å². The summed E-state index contributed by atoms with van der Waals surface area (Å²) in [5.41, 5.74) is 1.83. The molecule has 11 heteroatoms. The van der Waals surface area contributed by atoms with E-state index in [1.165, 1.54) is 12.1 Å². The number of para-hydroxylation sites is 1. The lowest BCUT2D eigenvalue weighted by Crippen LogP contribution is -2.65. The number of likely N-dealkylation sites (tertiary alicyclic amines) is 1. The highest BCUT2D eigenvalue weighted by Gasteiger charge is 2.50. The highest BCUT2D eigenvalue weighted by atomic mass is 32.2. The van der Waals surface area contributed by atoms with Crippen molar-refractivity contribution in [3.63, 3.8) is 0 Å². The Morgan fingerprint density at radius 1 is 1.00 bits per heavy atom. The lowest BCUT2D eigenvalue weighted by molar-refractivity contribution is -0.126. The molecule has 218 valence electrons. The van der Waals surface area contributed by atoms with Crippen molar-refractivity contribution in [2.24, 2.45) is 5.41 Å². The SMILES string of the molecule is Cc1cc(COc2ccc(S(=O)(=O)CC3(CC(=O)CO)CN(C(=O)N4CCN(C)CC4)C3)cc2)c2ccccc2n1. The standard InChI is InChI=1S/C30H36N4O6S/c1-22-15-23(27-5-3-4-6-28(27)31-22)18-40-25-7-9-26(10-8-25)41(38,39)21-30(16-24(36)17-35)19-34(20-30)29(37)33-13-11-32(2)12-14-33/h3-10,15,35H,11-14,16-21H2,1-2H3. The number of nitrogens with zero attached hydrogens (tertiary/aromatic N) is 4. The molecule has 0 radical (unpaired) electrons. The lowest BCUT2D eigenvalue weighted by atomic mass is 9.77. The number of likely N-dealkylation sites (N-methyl/N-ethyl adjacent to an activating group) is 1. The first-order valence-electron chi connectivity index (χ1n) is 13.7. The maximum atomic E-state index is 13.5. The fraction of sp³-hybridized carbons (Fsp3) is 0.433. The number of fused-ring (bicyclic) bond motifs is 1. The van der Waals surface area contributed by atoms with Crippen molar-refractivity contribution in [1.82, 2.24) is 19.7 Å². The minimum Gasteiger partial charge on any atom is -0.489 e. The molecule has 2 aromatic carbocycles. The monoisotopic (exact) mass is 580 g/mol. The van der Waals surface area contributed by atoms with Gasteiger partial charge in [-0.15, -0.1) is 0 Å². The van der Waals surface area contributed by atoms with Crippen molar-refractivity contribution in [1.29, 1.82) is 0 Å². The molecule has 10 nitrogen and oxygen atoms in total. The molecule has 0 unspecified atom stereocenters. The van der Waals surface area contributed by atoms with Crippen LogP contribution in [-0.4, -0.2) is 104 Å².